The van der Waals surface area contributed by atoms with Crippen LogP contribution < -0.4 is 15.4 Å². The summed E-state index contributed by atoms with van der Waals surface area (Å²) in [5.74, 6) is -4.72. The Morgan fingerprint density at radius 3 is 2.64 bits per heavy atom. The normalized spacial score (nSPS) is 11.3. The lowest BCUT2D eigenvalue weighted by atomic mass is 10.2. The van der Waals surface area contributed by atoms with Gasteiger partial charge in [0, 0.05) is 18.7 Å². The predicted molar refractivity (Wildman–Crippen MR) is 88.7 cm³/mol. The van der Waals surface area contributed by atoms with Gasteiger partial charge in [0.25, 0.3) is 5.69 Å². The monoisotopic (exact) mass is 383 g/mol. The van der Waals surface area contributed by atoms with Crippen LogP contribution in [0.15, 0.2) is 18.2 Å². The second kappa shape index (κ2) is 9.35. The molecule has 11 heteroatoms. The highest BCUT2D eigenvalue weighted by Crippen LogP contribution is 2.29. The molecule has 0 radical (unpaired) electrons. The molecule has 0 atom stereocenters. The molecule has 1 aromatic rings. The first-order valence-corrected chi connectivity index (χ1v) is 7.69. The molecule has 1 aromatic carbocycles. The number of alkyl halides is 4. The van der Waals surface area contributed by atoms with Crippen LogP contribution in [-0.4, -0.2) is 35.5 Å². The van der Waals surface area contributed by atoms with E-state index in [0.29, 0.717) is 6.54 Å². The lowest BCUT2D eigenvalue weighted by molar-refractivity contribution is -0.384. The van der Waals surface area contributed by atoms with Crippen LogP contribution in [-0.2, 0) is 0 Å². The lowest BCUT2D eigenvalue weighted by Crippen LogP contribution is -2.33. The van der Waals surface area contributed by atoms with Gasteiger partial charge in [-0.15, -0.1) is 0 Å². The molecular formula is C14H17F4N3O3S. The van der Waals surface area contributed by atoms with Gasteiger partial charge in [-0.2, -0.15) is 8.78 Å². The summed E-state index contributed by atoms with van der Waals surface area (Å²) >= 11 is 5.01. The minimum Gasteiger partial charge on any atom is -0.487 e. The van der Waals surface area contributed by atoms with Gasteiger partial charge in [-0.3, -0.25) is 10.1 Å². The molecule has 0 unspecified atom stereocenters. The average Bonchev–Trinajstić information content (AvgIpc) is 2.53. The Morgan fingerprint density at radius 2 is 2.08 bits per heavy atom. The quantitative estimate of drug-likeness (QED) is 0.221. The molecule has 140 valence electrons. The predicted octanol–water partition coefficient (Wildman–Crippen LogP) is 3.96. The maximum Gasteiger partial charge on any atom is 0.340 e. The molecule has 6 nitrogen and oxygen atoms in total. The van der Waals surface area contributed by atoms with Crippen molar-refractivity contribution in [3.63, 3.8) is 0 Å². The Kier molecular flexibility index (Phi) is 7.81. The van der Waals surface area contributed by atoms with Crippen molar-refractivity contribution in [2.75, 3.05) is 18.5 Å². The number of unbranched alkanes of at least 4 members (excludes halogenated alkanes) is 1. The number of halogens is 4. The van der Waals surface area contributed by atoms with E-state index in [2.05, 4.69) is 15.4 Å². The number of nitro benzene ring substituents is 1. The maximum atomic E-state index is 12.9. The van der Waals surface area contributed by atoms with E-state index in [0.717, 1.165) is 31.0 Å². The maximum absolute atomic E-state index is 12.9. The van der Waals surface area contributed by atoms with Crippen molar-refractivity contribution in [2.24, 2.45) is 0 Å². The SMILES string of the molecule is CCCCNC(=S)Nc1cc(OCC(F)(F)C(F)F)cc([N+](=O)[O-])c1. The third kappa shape index (κ3) is 7.08. The summed E-state index contributed by atoms with van der Waals surface area (Å²) in [6, 6.07) is 3.13. The lowest BCUT2D eigenvalue weighted by Gasteiger charge is -2.16. The fraction of sp³-hybridized carbons (Fsp3) is 0.500. The summed E-state index contributed by atoms with van der Waals surface area (Å²) in [4.78, 5) is 10.2. The van der Waals surface area contributed by atoms with Crippen molar-refractivity contribution in [3.8, 4) is 5.75 Å². The first kappa shape index (κ1) is 20.9. The summed E-state index contributed by atoms with van der Waals surface area (Å²) in [7, 11) is 0. The van der Waals surface area contributed by atoms with Gasteiger partial charge in [0.1, 0.15) is 5.75 Å². The van der Waals surface area contributed by atoms with Gasteiger partial charge in [-0.05, 0) is 18.6 Å². The van der Waals surface area contributed by atoms with E-state index >= 15 is 0 Å². The summed E-state index contributed by atoms with van der Waals surface area (Å²) in [6.45, 7) is 0.962. The van der Waals surface area contributed by atoms with Crippen LogP contribution in [0, 0.1) is 10.1 Å². The van der Waals surface area contributed by atoms with Crippen LogP contribution in [0.2, 0.25) is 0 Å². The third-order valence-corrected chi connectivity index (χ3v) is 3.17. The van der Waals surface area contributed by atoms with Crippen molar-refractivity contribution in [1.82, 2.24) is 5.32 Å². The Bertz CT molecular complexity index is 617. The summed E-state index contributed by atoms with van der Waals surface area (Å²) in [6.07, 6.45) is -2.12. The summed E-state index contributed by atoms with van der Waals surface area (Å²) in [5, 5.41) is 16.6. The van der Waals surface area contributed by atoms with Crippen LogP contribution >= 0.6 is 12.2 Å². The zero-order chi connectivity index (χ0) is 19.0. The van der Waals surface area contributed by atoms with E-state index in [9.17, 15) is 27.7 Å². The van der Waals surface area contributed by atoms with E-state index < -0.39 is 29.6 Å². The molecule has 0 amide bonds. The van der Waals surface area contributed by atoms with Crippen LogP contribution in [0.5, 0.6) is 5.75 Å². The van der Waals surface area contributed by atoms with Crippen molar-refractivity contribution >= 4 is 28.7 Å². The number of rotatable bonds is 9. The molecule has 0 aliphatic rings. The molecule has 0 spiro atoms. The highest BCUT2D eigenvalue weighted by Gasteiger charge is 2.41. The number of nitrogens with zero attached hydrogens (tertiary/aromatic N) is 1. The van der Waals surface area contributed by atoms with Crippen molar-refractivity contribution in [1.29, 1.82) is 0 Å². The van der Waals surface area contributed by atoms with E-state index in [1.54, 1.807) is 0 Å². The number of non-ortho nitro benzene ring substituents is 1. The number of ether oxygens (including phenoxy) is 1. The zero-order valence-electron chi connectivity index (χ0n) is 13.2. The molecule has 1 rings (SSSR count). The first-order valence-electron chi connectivity index (χ1n) is 7.29. The minimum absolute atomic E-state index is 0.110. The largest absolute Gasteiger partial charge is 0.487 e. The highest BCUT2D eigenvalue weighted by molar-refractivity contribution is 7.80. The van der Waals surface area contributed by atoms with Gasteiger partial charge in [-0.1, -0.05) is 13.3 Å². The Hall–Kier alpha value is -2.17. The topological polar surface area (TPSA) is 76.4 Å². The van der Waals surface area contributed by atoms with E-state index in [1.807, 2.05) is 6.92 Å². The number of benzene rings is 1. The zero-order valence-corrected chi connectivity index (χ0v) is 14.0. The molecule has 2 N–H and O–H groups in total. The number of thiocarbonyl (C=S) groups is 1. The second-order valence-electron chi connectivity index (χ2n) is 5.06. The summed E-state index contributed by atoms with van der Waals surface area (Å²) in [5.41, 5.74) is -0.352. The van der Waals surface area contributed by atoms with Gasteiger partial charge < -0.3 is 15.4 Å². The molecule has 0 heterocycles. The Balaban J connectivity index is 2.86. The molecule has 0 saturated carbocycles. The van der Waals surface area contributed by atoms with E-state index in [-0.39, 0.29) is 16.5 Å². The van der Waals surface area contributed by atoms with Gasteiger partial charge in [0.15, 0.2) is 11.7 Å². The molecule has 0 aliphatic heterocycles. The molecule has 0 aromatic heterocycles. The fourth-order valence-corrected chi connectivity index (χ4v) is 1.86. The molecular weight excluding hydrogens is 366 g/mol. The molecule has 0 saturated heterocycles. The standard InChI is InChI=1S/C14H17F4N3O3S/c1-2-3-4-19-13(25)20-9-5-10(21(22)23)7-11(6-9)24-8-14(17,18)12(15)16/h5-7,12H,2-4,8H2,1H3,(H2,19,20,25). The number of hydrogen-bond donors (Lipinski definition) is 2. The van der Waals surface area contributed by atoms with Crippen LogP contribution in [0.3, 0.4) is 0 Å². The van der Waals surface area contributed by atoms with Crippen molar-refractivity contribution in [2.45, 2.75) is 32.1 Å². The summed E-state index contributed by atoms with van der Waals surface area (Å²) < 4.78 is 54.7. The Labute approximate surface area is 146 Å². The van der Waals surface area contributed by atoms with Crippen LogP contribution in [0.1, 0.15) is 19.8 Å². The first-order chi connectivity index (χ1) is 11.7. The third-order valence-electron chi connectivity index (χ3n) is 2.93. The Morgan fingerprint density at radius 1 is 1.40 bits per heavy atom. The van der Waals surface area contributed by atoms with Crippen LogP contribution in [0.25, 0.3) is 0 Å². The highest BCUT2D eigenvalue weighted by atomic mass is 32.1. The average molecular weight is 383 g/mol. The van der Waals surface area contributed by atoms with Crippen LogP contribution in [0.4, 0.5) is 28.9 Å². The number of hydrogen-bond acceptors (Lipinski definition) is 4. The molecule has 0 bridgehead atoms. The van der Waals surface area contributed by atoms with Crippen molar-refractivity contribution < 1.29 is 27.2 Å². The molecule has 0 fully saturated rings. The smallest absolute Gasteiger partial charge is 0.340 e. The fourth-order valence-electron chi connectivity index (χ4n) is 1.64. The van der Waals surface area contributed by atoms with E-state index in [1.165, 1.54) is 0 Å². The number of nitro groups is 1. The second-order valence-corrected chi connectivity index (χ2v) is 5.47. The van der Waals surface area contributed by atoms with Crippen molar-refractivity contribution in [3.05, 3.63) is 28.3 Å². The number of anilines is 1. The van der Waals surface area contributed by atoms with Gasteiger partial charge >= 0.3 is 12.3 Å². The number of nitrogens with one attached hydrogen (secondary N) is 2. The molecule has 0 aliphatic carbocycles. The van der Waals surface area contributed by atoms with Gasteiger partial charge in [-0.25, -0.2) is 8.78 Å². The van der Waals surface area contributed by atoms with Gasteiger partial charge in [0.05, 0.1) is 16.7 Å². The van der Waals surface area contributed by atoms with Gasteiger partial charge in [0.2, 0.25) is 0 Å². The minimum atomic E-state index is -4.37. The molecule has 25 heavy (non-hydrogen) atoms. The van der Waals surface area contributed by atoms with E-state index in [4.69, 9.17) is 12.2 Å².